The van der Waals surface area contributed by atoms with Crippen molar-refractivity contribution < 1.29 is 4.79 Å². The average Bonchev–Trinajstić information content (AvgIpc) is 2.78. The molecule has 1 aromatic carbocycles. The van der Waals surface area contributed by atoms with Gasteiger partial charge in [0.1, 0.15) is 6.04 Å². The molecule has 1 N–H and O–H groups in total. The van der Waals surface area contributed by atoms with Crippen LogP contribution in [0.1, 0.15) is 26.3 Å². The Morgan fingerprint density at radius 3 is 2.78 bits per heavy atom. The van der Waals surface area contributed by atoms with Crippen molar-refractivity contribution in [2.24, 2.45) is 5.92 Å². The van der Waals surface area contributed by atoms with Gasteiger partial charge in [0.2, 0.25) is 5.91 Å². The van der Waals surface area contributed by atoms with Gasteiger partial charge < -0.3 is 10.2 Å². The molecular weight excluding hydrogens is 224 g/mol. The second-order valence-electron chi connectivity index (χ2n) is 5.39. The van der Waals surface area contributed by atoms with E-state index in [-0.39, 0.29) is 11.9 Å². The van der Waals surface area contributed by atoms with Gasteiger partial charge in [0.15, 0.2) is 0 Å². The summed E-state index contributed by atoms with van der Waals surface area (Å²) in [6.45, 7) is 7.89. The van der Waals surface area contributed by atoms with E-state index in [2.05, 4.69) is 42.3 Å². The highest BCUT2D eigenvalue weighted by Crippen LogP contribution is 2.29. The molecule has 3 nitrogen and oxygen atoms in total. The van der Waals surface area contributed by atoms with Gasteiger partial charge in [0.05, 0.1) is 0 Å². The number of carbonyl (C=O) groups excluding carboxylic acids is 1. The number of fused-ring (bicyclic) bond motifs is 1. The summed E-state index contributed by atoms with van der Waals surface area (Å²) in [5, 5.41) is 3.01. The molecule has 1 aliphatic heterocycles. The molecule has 0 aromatic heterocycles. The third-order valence-electron chi connectivity index (χ3n) is 3.45. The lowest BCUT2D eigenvalue weighted by Gasteiger charge is -2.26. The second kappa shape index (κ2) is 5.42. The SMILES string of the molecule is CC(C)CNC(=O)[C@@H](C)N1CCc2ccccc21. The molecular formula is C15H22N2O. The first-order valence-corrected chi connectivity index (χ1v) is 6.72. The van der Waals surface area contributed by atoms with Crippen LogP contribution >= 0.6 is 0 Å². The summed E-state index contributed by atoms with van der Waals surface area (Å²) in [6, 6.07) is 8.26. The molecule has 18 heavy (non-hydrogen) atoms. The molecule has 1 aliphatic rings. The smallest absolute Gasteiger partial charge is 0.242 e. The zero-order valence-corrected chi connectivity index (χ0v) is 11.4. The van der Waals surface area contributed by atoms with Gasteiger partial charge in [-0.1, -0.05) is 32.0 Å². The summed E-state index contributed by atoms with van der Waals surface area (Å²) in [7, 11) is 0. The first kappa shape index (κ1) is 12.9. The lowest BCUT2D eigenvalue weighted by Crippen LogP contribution is -2.45. The molecule has 1 amide bonds. The van der Waals surface area contributed by atoms with Crippen LogP contribution in [0.15, 0.2) is 24.3 Å². The van der Waals surface area contributed by atoms with Crippen molar-refractivity contribution in [1.82, 2.24) is 5.32 Å². The van der Waals surface area contributed by atoms with Gasteiger partial charge >= 0.3 is 0 Å². The molecule has 0 aliphatic carbocycles. The zero-order chi connectivity index (χ0) is 13.1. The van der Waals surface area contributed by atoms with Crippen molar-refractivity contribution in [2.75, 3.05) is 18.0 Å². The van der Waals surface area contributed by atoms with Crippen molar-refractivity contribution in [2.45, 2.75) is 33.2 Å². The van der Waals surface area contributed by atoms with Crippen molar-refractivity contribution >= 4 is 11.6 Å². The first-order valence-electron chi connectivity index (χ1n) is 6.72. The Morgan fingerprint density at radius 2 is 2.06 bits per heavy atom. The number of amides is 1. The first-order chi connectivity index (χ1) is 8.59. The van der Waals surface area contributed by atoms with E-state index >= 15 is 0 Å². The Balaban J connectivity index is 2.02. The van der Waals surface area contributed by atoms with Gasteiger partial charge in [-0.15, -0.1) is 0 Å². The van der Waals surface area contributed by atoms with E-state index in [1.54, 1.807) is 0 Å². The summed E-state index contributed by atoms with van der Waals surface area (Å²) >= 11 is 0. The zero-order valence-electron chi connectivity index (χ0n) is 11.4. The van der Waals surface area contributed by atoms with Crippen LogP contribution in [0.4, 0.5) is 5.69 Å². The predicted molar refractivity (Wildman–Crippen MR) is 74.8 cm³/mol. The van der Waals surface area contributed by atoms with Crippen LogP contribution < -0.4 is 10.2 Å². The number of para-hydroxylation sites is 1. The summed E-state index contributed by atoms with van der Waals surface area (Å²) in [4.78, 5) is 14.3. The lowest BCUT2D eigenvalue weighted by molar-refractivity contribution is -0.122. The van der Waals surface area contributed by atoms with Crippen LogP contribution in [0.3, 0.4) is 0 Å². The molecule has 2 rings (SSSR count). The molecule has 1 aromatic rings. The Kier molecular flexibility index (Phi) is 3.90. The maximum atomic E-state index is 12.1. The normalized spacial score (nSPS) is 15.7. The predicted octanol–water partition coefficient (Wildman–Crippen LogP) is 2.21. The quantitative estimate of drug-likeness (QED) is 0.883. The topological polar surface area (TPSA) is 32.3 Å². The number of rotatable bonds is 4. The van der Waals surface area contributed by atoms with E-state index in [1.807, 2.05) is 13.0 Å². The van der Waals surface area contributed by atoms with Gasteiger partial charge in [-0.3, -0.25) is 4.79 Å². The van der Waals surface area contributed by atoms with Gasteiger partial charge in [-0.25, -0.2) is 0 Å². The highest BCUT2D eigenvalue weighted by Gasteiger charge is 2.27. The van der Waals surface area contributed by atoms with E-state index in [1.165, 1.54) is 11.3 Å². The van der Waals surface area contributed by atoms with Crippen molar-refractivity contribution in [3.63, 3.8) is 0 Å². The molecule has 0 saturated heterocycles. The van der Waals surface area contributed by atoms with Crippen LogP contribution in [0.25, 0.3) is 0 Å². The molecule has 3 heteroatoms. The Hall–Kier alpha value is -1.51. The molecule has 98 valence electrons. The fraction of sp³-hybridized carbons (Fsp3) is 0.533. The highest BCUT2D eigenvalue weighted by molar-refractivity contribution is 5.85. The average molecular weight is 246 g/mol. The molecule has 0 bridgehead atoms. The van der Waals surface area contributed by atoms with E-state index in [9.17, 15) is 4.79 Å². The molecule has 0 saturated carbocycles. The van der Waals surface area contributed by atoms with Crippen molar-refractivity contribution in [1.29, 1.82) is 0 Å². The second-order valence-corrected chi connectivity index (χ2v) is 5.39. The molecule has 1 heterocycles. The number of nitrogens with one attached hydrogen (secondary N) is 1. The maximum Gasteiger partial charge on any atom is 0.242 e. The number of benzene rings is 1. The summed E-state index contributed by atoms with van der Waals surface area (Å²) in [5.74, 6) is 0.618. The van der Waals surface area contributed by atoms with Gasteiger partial charge in [0, 0.05) is 18.8 Å². The summed E-state index contributed by atoms with van der Waals surface area (Å²) < 4.78 is 0. The number of hydrogen-bond donors (Lipinski definition) is 1. The van der Waals surface area contributed by atoms with Gasteiger partial charge in [0.25, 0.3) is 0 Å². The minimum Gasteiger partial charge on any atom is -0.359 e. The molecule has 0 unspecified atom stereocenters. The molecule has 0 fully saturated rings. The maximum absolute atomic E-state index is 12.1. The lowest BCUT2D eigenvalue weighted by atomic mass is 10.1. The van der Waals surface area contributed by atoms with Crippen molar-refractivity contribution in [3.8, 4) is 0 Å². The van der Waals surface area contributed by atoms with Crippen LogP contribution in [-0.2, 0) is 11.2 Å². The largest absolute Gasteiger partial charge is 0.359 e. The van der Waals surface area contributed by atoms with Crippen LogP contribution in [-0.4, -0.2) is 25.0 Å². The number of nitrogens with zero attached hydrogens (tertiary/aromatic N) is 1. The molecule has 0 radical (unpaired) electrons. The Labute approximate surface area is 109 Å². The van der Waals surface area contributed by atoms with Crippen LogP contribution in [0.2, 0.25) is 0 Å². The van der Waals surface area contributed by atoms with E-state index in [0.29, 0.717) is 5.92 Å². The Bertz CT molecular complexity index is 428. The summed E-state index contributed by atoms with van der Waals surface area (Å²) in [5.41, 5.74) is 2.56. The standard InChI is InChI=1S/C15H22N2O/c1-11(2)10-16-15(18)12(3)17-9-8-13-6-4-5-7-14(13)17/h4-7,11-12H,8-10H2,1-3H3,(H,16,18)/t12-/m1/s1. The molecule has 0 spiro atoms. The summed E-state index contributed by atoms with van der Waals surface area (Å²) in [6.07, 6.45) is 1.04. The molecule has 1 atom stereocenters. The van der Waals surface area contributed by atoms with Gasteiger partial charge in [-0.05, 0) is 30.9 Å². The van der Waals surface area contributed by atoms with E-state index in [4.69, 9.17) is 0 Å². The third kappa shape index (κ3) is 2.66. The minimum absolute atomic E-state index is 0.0904. The van der Waals surface area contributed by atoms with E-state index < -0.39 is 0 Å². The number of anilines is 1. The number of carbonyl (C=O) groups is 1. The fourth-order valence-electron chi connectivity index (χ4n) is 2.36. The monoisotopic (exact) mass is 246 g/mol. The van der Waals surface area contributed by atoms with Crippen LogP contribution in [0, 0.1) is 5.92 Å². The van der Waals surface area contributed by atoms with Gasteiger partial charge in [-0.2, -0.15) is 0 Å². The van der Waals surface area contributed by atoms with E-state index in [0.717, 1.165) is 19.5 Å². The number of hydrogen-bond acceptors (Lipinski definition) is 2. The highest BCUT2D eigenvalue weighted by atomic mass is 16.2. The Morgan fingerprint density at radius 1 is 1.33 bits per heavy atom. The third-order valence-corrected chi connectivity index (χ3v) is 3.45. The minimum atomic E-state index is -0.0904. The fourth-order valence-corrected chi connectivity index (χ4v) is 2.36. The van der Waals surface area contributed by atoms with Crippen LogP contribution in [0.5, 0.6) is 0 Å². The van der Waals surface area contributed by atoms with Crippen molar-refractivity contribution in [3.05, 3.63) is 29.8 Å².